The summed E-state index contributed by atoms with van der Waals surface area (Å²) in [5.41, 5.74) is 3.36. The molecule has 45 heavy (non-hydrogen) atoms. The fourth-order valence-corrected chi connectivity index (χ4v) is 5.61. The molecule has 0 aliphatic heterocycles. The summed E-state index contributed by atoms with van der Waals surface area (Å²) in [7, 11) is 1.61. The van der Waals surface area contributed by atoms with Gasteiger partial charge in [-0.1, -0.05) is 54.1 Å². The van der Waals surface area contributed by atoms with Crippen LogP contribution in [0.2, 0.25) is 5.02 Å². The molecule has 1 heterocycles. The van der Waals surface area contributed by atoms with Crippen LogP contribution < -0.4 is 20.7 Å². The number of rotatable bonds is 11. The van der Waals surface area contributed by atoms with E-state index in [9.17, 15) is 14.4 Å². The van der Waals surface area contributed by atoms with Crippen molar-refractivity contribution in [3.8, 4) is 17.0 Å². The Labute approximate surface area is 273 Å². The molecule has 0 aliphatic carbocycles. The van der Waals surface area contributed by atoms with Gasteiger partial charge in [-0.2, -0.15) is 0 Å². The number of carbonyl (C=O) groups excluding carboxylic acids is 3. The molecule has 8 nitrogen and oxygen atoms in total. The van der Waals surface area contributed by atoms with Gasteiger partial charge in [0.25, 0.3) is 11.8 Å². The van der Waals surface area contributed by atoms with Crippen LogP contribution >= 0.6 is 34.7 Å². The summed E-state index contributed by atoms with van der Waals surface area (Å²) in [5, 5.41) is 11.3. The summed E-state index contributed by atoms with van der Waals surface area (Å²) in [6.45, 7) is 0. The van der Waals surface area contributed by atoms with Crippen molar-refractivity contribution in [2.45, 2.75) is 4.90 Å². The van der Waals surface area contributed by atoms with E-state index in [-0.39, 0.29) is 17.4 Å². The van der Waals surface area contributed by atoms with Crippen molar-refractivity contribution in [3.63, 3.8) is 0 Å². The quantitative estimate of drug-likeness (QED) is 0.0999. The zero-order valence-corrected chi connectivity index (χ0v) is 26.3. The van der Waals surface area contributed by atoms with Crippen LogP contribution in [-0.4, -0.2) is 35.6 Å². The van der Waals surface area contributed by atoms with Crippen molar-refractivity contribution in [2.24, 2.45) is 0 Å². The number of methoxy groups -OCH3 is 1. The van der Waals surface area contributed by atoms with Crippen LogP contribution in [0.1, 0.15) is 15.9 Å². The molecule has 0 aliphatic rings. The summed E-state index contributed by atoms with van der Waals surface area (Å²) in [4.78, 5) is 44.0. The average Bonchev–Trinajstić information content (AvgIpc) is 3.54. The Morgan fingerprint density at radius 2 is 1.67 bits per heavy atom. The number of thiazole rings is 1. The van der Waals surface area contributed by atoms with Gasteiger partial charge in [0, 0.05) is 32.1 Å². The van der Waals surface area contributed by atoms with E-state index in [0.717, 1.165) is 21.9 Å². The molecule has 0 unspecified atom stereocenters. The minimum Gasteiger partial charge on any atom is -0.497 e. The molecule has 0 atom stereocenters. The third-order valence-corrected chi connectivity index (χ3v) is 8.33. The summed E-state index contributed by atoms with van der Waals surface area (Å²) < 4.78 is 5.27. The molecule has 1 aromatic heterocycles. The molecule has 5 aromatic rings. The molecule has 0 spiro atoms. The summed E-state index contributed by atoms with van der Waals surface area (Å²) >= 11 is 8.71. The van der Waals surface area contributed by atoms with Crippen LogP contribution in [-0.2, 0) is 9.59 Å². The second kappa shape index (κ2) is 15.2. The Balaban J connectivity index is 1.18. The van der Waals surface area contributed by atoms with Crippen LogP contribution in [0.25, 0.3) is 17.3 Å². The van der Waals surface area contributed by atoms with Crippen molar-refractivity contribution >= 4 is 69.3 Å². The molecule has 3 amide bonds. The van der Waals surface area contributed by atoms with E-state index in [2.05, 4.69) is 20.9 Å². The van der Waals surface area contributed by atoms with Gasteiger partial charge in [0.05, 0.1) is 18.6 Å². The highest BCUT2D eigenvalue weighted by Gasteiger charge is 2.16. The first-order valence-corrected chi connectivity index (χ1v) is 15.9. The van der Waals surface area contributed by atoms with E-state index in [1.165, 1.54) is 23.1 Å². The Morgan fingerprint density at radius 3 is 2.40 bits per heavy atom. The molecule has 0 saturated carbocycles. The second-order valence-electron chi connectivity index (χ2n) is 9.51. The Hall–Kier alpha value is -4.90. The SMILES string of the molecule is COc1cccc(-c2csc(NC(=O)CSc3ccc(NC(=O)/C(=C/c4ccc(Cl)cc4)NC(=O)c4ccccc4)cc3)n2)c1. The molecule has 4 aromatic carbocycles. The summed E-state index contributed by atoms with van der Waals surface area (Å²) in [5.74, 6) is -0.178. The molecular formula is C34H27ClN4O4S2. The predicted octanol–water partition coefficient (Wildman–Crippen LogP) is 7.61. The molecule has 0 saturated heterocycles. The summed E-state index contributed by atoms with van der Waals surface area (Å²) in [6, 6.07) is 30.2. The number of nitrogens with one attached hydrogen (secondary N) is 3. The number of benzene rings is 4. The number of ether oxygens (including phenoxy) is 1. The van der Waals surface area contributed by atoms with E-state index in [1.54, 1.807) is 73.8 Å². The van der Waals surface area contributed by atoms with E-state index >= 15 is 0 Å². The van der Waals surface area contributed by atoms with Crippen LogP contribution in [0.4, 0.5) is 10.8 Å². The zero-order chi connectivity index (χ0) is 31.6. The van der Waals surface area contributed by atoms with Crippen molar-refractivity contribution in [3.05, 3.63) is 130 Å². The third kappa shape index (κ3) is 9.05. The highest BCUT2D eigenvalue weighted by Crippen LogP contribution is 2.28. The van der Waals surface area contributed by atoms with E-state index in [4.69, 9.17) is 16.3 Å². The van der Waals surface area contributed by atoms with Crippen LogP contribution in [0.15, 0.2) is 119 Å². The number of thioether (sulfide) groups is 1. The first kappa shape index (κ1) is 31.5. The van der Waals surface area contributed by atoms with Crippen LogP contribution in [0, 0.1) is 0 Å². The number of amides is 3. The minimum absolute atomic E-state index is 0.0676. The fourth-order valence-electron chi connectivity index (χ4n) is 4.05. The van der Waals surface area contributed by atoms with E-state index in [1.807, 2.05) is 47.8 Å². The Morgan fingerprint density at radius 1 is 0.911 bits per heavy atom. The van der Waals surface area contributed by atoms with Gasteiger partial charge in [-0.3, -0.25) is 14.4 Å². The Bertz CT molecular complexity index is 1830. The van der Waals surface area contributed by atoms with Gasteiger partial charge in [0.15, 0.2) is 5.13 Å². The van der Waals surface area contributed by atoms with Crippen molar-refractivity contribution in [1.82, 2.24) is 10.3 Å². The lowest BCUT2D eigenvalue weighted by molar-refractivity contribution is -0.114. The maximum atomic E-state index is 13.3. The van der Waals surface area contributed by atoms with Crippen molar-refractivity contribution < 1.29 is 19.1 Å². The number of carbonyl (C=O) groups is 3. The average molecular weight is 655 g/mol. The van der Waals surface area contributed by atoms with E-state index in [0.29, 0.717) is 27.0 Å². The minimum atomic E-state index is -0.495. The molecule has 226 valence electrons. The highest BCUT2D eigenvalue weighted by atomic mass is 35.5. The maximum Gasteiger partial charge on any atom is 0.272 e. The first-order chi connectivity index (χ1) is 21.9. The molecule has 0 radical (unpaired) electrons. The van der Waals surface area contributed by atoms with Gasteiger partial charge in [-0.25, -0.2) is 4.98 Å². The van der Waals surface area contributed by atoms with Gasteiger partial charge >= 0.3 is 0 Å². The number of aromatic nitrogens is 1. The van der Waals surface area contributed by atoms with Crippen molar-refractivity contribution in [2.75, 3.05) is 23.5 Å². The molecule has 3 N–H and O–H groups in total. The number of hydrogen-bond acceptors (Lipinski definition) is 7. The number of halogens is 1. The van der Waals surface area contributed by atoms with Gasteiger partial charge in [-0.15, -0.1) is 23.1 Å². The number of anilines is 2. The summed E-state index contributed by atoms with van der Waals surface area (Å²) in [6.07, 6.45) is 1.58. The lowest BCUT2D eigenvalue weighted by atomic mass is 10.1. The standard InChI is InChI=1S/C34H27ClN4O4S2/c1-43-27-9-5-8-24(19-27)30-20-45-34(38-30)39-31(40)21-44-28-16-14-26(15-17-28)36-33(42)29(18-22-10-12-25(35)13-11-22)37-32(41)23-6-3-2-4-7-23/h2-20H,21H2,1H3,(H,36,42)(H,37,41)(H,38,39,40)/b29-18-. The molecule has 11 heteroatoms. The van der Waals surface area contributed by atoms with Crippen molar-refractivity contribution in [1.29, 1.82) is 0 Å². The van der Waals surface area contributed by atoms with Gasteiger partial charge in [0.2, 0.25) is 5.91 Å². The second-order valence-corrected chi connectivity index (χ2v) is 11.9. The monoisotopic (exact) mass is 654 g/mol. The fraction of sp³-hybridized carbons (Fsp3) is 0.0588. The maximum absolute atomic E-state index is 13.3. The zero-order valence-electron chi connectivity index (χ0n) is 24.0. The molecule has 5 rings (SSSR count). The van der Waals surface area contributed by atoms with Crippen LogP contribution in [0.3, 0.4) is 0 Å². The highest BCUT2D eigenvalue weighted by molar-refractivity contribution is 8.00. The lowest BCUT2D eigenvalue weighted by Gasteiger charge is -2.12. The van der Waals surface area contributed by atoms with Gasteiger partial charge in [0.1, 0.15) is 11.4 Å². The largest absolute Gasteiger partial charge is 0.497 e. The number of nitrogens with zero attached hydrogens (tertiary/aromatic N) is 1. The first-order valence-electron chi connectivity index (χ1n) is 13.6. The predicted molar refractivity (Wildman–Crippen MR) is 182 cm³/mol. The smallest absolute Gasteiger partial charge is 0.272 e. The lowest BCUT2D eigenvalue weighted by Crippen LogP contribution is -2.30. The Kier molecular flexibility index (Phi) is 10.7. The molecule has 0 fully saturated rings. The topological polar surface area (TPSA) is 109 Å². The normalized spacial score (nSPS) is 11.0. The van der Waals surface area contributed by atoms with Gasteiger partial charge < -0.3 is 20.7 Å². The van der Waals surface area contributed by atoms with E-state index < -0.39 is 11.8 Å². The van der Waals surface area contributed by atoms with Crippen LogP contribution in [0.5, 0.6) is 5.75 Å². The molecule has 0 bridgehead atoms. The van der Waals surface area contributed by atoms with Gasteiger partial charge in [-0.05, 0) is 72.3 Å². The molecular weight excluding hydrogens is 628 g/mol. The number of hydrogen-bond donors (Lipinski definition) is 3. The third-order valence-electron chi connectivity index (χ3n) is 6.31.